The van der Waals surface area contributed by atoms with Crippen molar-refractivity contribution in [3.05, 3.63) is 34.8 Å². The first-order valence-corrected chi connectivity index (χ1v) is 12.5. The summed E-state index contributed by atoms with van der Waals surface area (Å²) in [6, 6.07) is 7.26. The van der Waals surface area contributed by atoms with Crippen LogP contribution in [0.4, 0.5) is 5.13 Å². The van der Waals surface area contributed by atoms with Gasteiger partial charge in [0.25, 0.3) is 5.91 Å². The Balaban J connectivity index is 1.09. The number of ether oxygens (including phenoxy) is 2. The van der Waals surface area contributed by atoms with Crippen molar-refractivity contribution < 1.29 is 14.3 Å². The highest BCUT2D eigenvalue weighted by Gasteiger charge is 2.53. The summed E-state index contributed by atoms with van der Waals surface area (Å²) in [5.74, 6) is 3.21. The predicted octanol–water partition coefficient (Wildman–Crippen LogP) is 4.82. The Hall–Kier alpha value is -1.99. The molecule has 1 amide bonds. The van der Waals surface area contributed by atoms with Crippen LogP contribution in [0, 0.1) is 17.8 Å². The largest absolute Gasteiger partial charge is 0.491 e. The lowest BCUT2D eigenvalue weighted by molar-refractivity contribution is -0.00555. The second kappa shape index (κ2) is 7.85. The zero-order valence-corrected chi connectivity index (χ0v) is 18.5. The molecule has 31 heavy (non-hydrogen) atoms. The molecule has 2 heterocycles. The summed E-state index contributed by atoms with van der Waals surface area (Å²) in [5, 5.41) is 13.6. The van der Waals surface area contributed by atoms with Crippen LogP contribution in [0.5, 0.6) is 5.75 Å². The van der Waals surface area contributed by atoms with E-state index in [4.69, 9.17) is 9.47 Å². The van der Waals surface area contributed by atoms with Crippen molar-refractivity contribution in [1.29, 1.82) is 0 Å². The summed E-state index contributed by atoms with van der Waals surface area (Å²) in [6.07, 6.45) is 10.3. The molecule has 5 aliphatic rings. The molecule has 5 fully saturated rings. The van der Waals surface area contributed by atoms with Crippen molar-refractivity contribution in [3.63, 3.8) is 0 Å². The lowest BCUT2D eigenvalue weighted by Gasteiger charge is -2.55. The van der Waals surface area contributed by atoms with Crippen LogP contribution >= 0.6 is 11.3 Å². The first-order valence-electron chi connectivity index (χ1n) is 11.6. The number of carbonyl (C=O) groups excluding carboxylic acids is 1. The Bertz CT molecular complexity index is 916. The third-order valence-electron chi connectivity index (χ3n) is 7.71. The van der Waals surface area contributed by atoms with Crippen molar-refractivity contribution in [1.82, 2.24) is 10.2 Å². The summed E-state index contributed by atoms with van der Waals surface area (Å²) >= 11 is 1.58. The molecule has 7 heteroatoms. The summed E-state index contributed by atoms with van der Waals surface area (Å²) in [5.41, 5.74) is 0.813. The minimum Gasteiger partial charge on any atom is -0.491 e. The molecule has 1 unspecified atom stereocenters. The van der Waals surface area contributed by atoms with Crippen LogP contribution in [-0.4, -0.2) is 35.4 Å². The van der Waals surface area contributed by atoms with Crippen LogP contribution in [0.3, 0.4) is 0 Å². The Kier molecular flexibility index (Phi) is 4.98. The van der Waals surface area contributed by atoms with Gasteiger partial charge >= 0.3 is 0 Å². The number of rotatable bonds is 6. The molecule has 4 aliphatic carbocycles. The standard InChI is InChI=1S/C24H29N3O3S/c28-21(18-3-5-19(6-4-18)30-14-20-2-1-7-29-20)25-23-27-26-22(31-23)24-11-15-8-16(12-24)10-17(9-15)13-24/h3-6,15-17,20H,1-2,7-14H2,(H,25,27,28). The van der Waals surface area contributed by atoms with E-state index in [1.165, 1.54) is 38.5 Å². The van der Waals surface area contributed by atoms with Gasteiger partial charge < -0.3 is 9.47 Å². The van der Waals surface area contributed by atoms with E-state index >= 15 is 0 Å². The molecule has 1 atom stereocenters. The SMILES string of the molecule is O=C(Nc1nnc(C23CC4CC(CC(C4)C2)C3)s1)c1ccc(OCC2CCCO2)cc1. The molecule has 6 nitrogen and oxygen atoms in total. The lowest BCUT2D eigenvalue weighted by Crippen LogP contribution is -2.48. The van der Waals surface area contributed by atoms with Gasteiger partial charge in [-0.05, 0) is 93.4 Å². The number of carbonyl (C=O) groups is 1. The minimum absolute atomic E-state index is 0.154. The van der Waals surface area contributed by atoms with Gasteiger partial charge in [0.1, 0.15) is 17.4 Å². The van der Waals surface area contributed by atoms with Gasteiger partial charge in [0.15, 0.2) is 0 Å². The molecule has 4 bridgehead atoms. The summed E-state index contributed by atoms with van der Waals surface area (Å²) < 4.78 is 11.4. The van der Waals surface area contributed by atoms with Crippen molar-refractivity contribution >= 4 is 22.4 Å². The molecule has 0 radical (unpaired) electrons. The molecule has 2 aromatic rings. The van der Waals surface area contributed by atoms with Crippen LogP contribution in [-0.2, 0) is 10.2 Å². The third-order valence-corrected chi connectivity index (χ3v) is 8.80. The van der Waals surface area contributed by atoms with Crippen molar-refractivity contribution in [3.8, 4) is 5.75 Å². The molecule has 1 aromatic carbocycles. The molecule has 4 saturated carbocycles. The van der Waals surface area contributed by atoms with Gasteiger partial charge in [-0.3, -0.25) is 10.1 Å². The quantitative estimate of drug-likeness (QED) is 0.699. The fourth-order valence-corrected chi connectivity index (χ4v) is 7.65. The third kappa shape index (κ3) is 3.87. The van der Waals surface area contributed by atoms with Crippen LogP contribution in [0.1, 0.15) is 66.7 Å². The van der Waals surface area contributed by atoms with Gasteiger partial charge in [0.2, 0.25) is 5.13 Å². The average Bonchev–Trinajstić information content (AvgIpc) is 3.44. The van der Waals surface area contributed by atoms with Crippen molar-refractivity contribution in [2.45, 2.75) is 62.9 Å². The zero-order chi connectivity index (χ0) is 20.8. The highest BCUT2D eigenvalue weighted by atomic mass is 32.1. The highest BCUT2D eigenvalue weighted by Crippen LogP contribution is 2.61. The molecule has 164 valence electrons. The first kappa shape index (κ1) is 19.7. The van der Waals surface area contributed by atoms with Gasteiger partial charge in [-0.1, -0.05) is 11.3 Å². The van der Waals surface area contributed by atoms with Crippen LogP contribution in [0.15, 0.2) is 24.3 Å². The number of aromatic nitrogens is 2. The Morgan fingerprint density at radius 3 is 2.45 bits per heavy atom. The van der Waals surface area contributed by atoms with E-state index in [0.717, 1.165) is 48.0 Å². The maximum atomic E-state index is 12.7. The highest BCUT2D eigenvalue weighted by molar-refractivity contribution is 7.15. The van der Waals surface area contributed by atoms with E-state index in [2.05, 4.69) is 15.5 Å². The molecular weight excluding hydrogens is 410 g/mol. The van der Waals surface area contributed by atoms with E-state index in [-0.39, 0.29) is 17.4 Å². The Morgan fingerprint density at radius 1 is 1.10 bits per heavy atom. The van der Waals surface area contributed by atoms with E-state index in [1.807, 2.05) is 12.1 Å². The van der Waals surface area contributed by atoms with Gasteiger partial charge in [-0.2, -0.15) is 0 Å². The lowest BCUT2D eigenvalue weighted by atomic mass is 9.50. The van der Waals surface area contributed by atoms with Crippen LogP contribution in [0.25, 0.3) is 0 Å². The average molecular weight is 440 g/mol. The number of amides is 1. The van der Waals surface area contributed by atoms with E-state index in [1.54, 1.807) is 23.5 Å². The maximum absolute atomic E-state index is 12.7. The molecule has 1 aromatic heterocycles. The van der Waals surface area contributed by atoms with E-state index < -0.39 is 0 Å². The Morgan fingerprint density at radius 2 is 1.81 bits per heavy atom. The number of hydrogen-bond donors (Lipinski definition) is 1. The fourth-order valence-electron chi connectivity index (χ4n) is 6.70. The van der Waals surface area contributed by atoms with E-state index in [0.29, 0.717) is 17.3 Å². The first-order chi connectivity index (χ1) is 15.1. The topological polar surface area (TPSA) is 73.3 Å². The summed E-state index contributed by atoms with van der Waals surface area (Å²) in [6.45, 7) is 1.38. The zero-order valence-electron chi connectivity index (χ0n) is 17.7. The second-order valence-corrected chi connectivity index (χ2v) is 11.0. The van der Waals surface area contributed by atoms with Gasteiger partial charge in [0.05, 0.1) is 6.10 Å². The normalized spacial score (nSPS) is 33.5. The number of anilines is 1. The van der Waals surface area contributed by atoms with Gasteiger partial charge in [0, 0.05) is 17.6 Å². The fraction of sp³-hybridized carbons (Fsp3) is 0.625. The smallest absolute Gasteiger partial charge is 0.257 e. The number of nitrogens with zero attached hydrogens (tertiary/aromatic N) is 2. The molecule has 1 aliphatic heterocycles. The minimum atomic E-state index is -0.154. The summed E-state index contributed by atoms with van der Waals surface area (Å²) in [4.78, 5) is 12.7. The number of nitrogens with one attached hydrogen (secondary N) is 1. The molecule has 1 N–H and O–H groups in total. The number of hydrogen-bond acceptors (Lipinski definition) is 6. The predicted molar refractivity (Wildman–Crippen MR) is 119 cm³/mol. The molecular formula is C24H29N3O3S. The van der Waals surface area contributed by atoms with Gasteiger partial charge in [-0.15, -0.1) is 10.2 Å². The molecule has 0 spiro atoms. The summed E-state index contributed by atoms with van der Waals surface area (Å²) in [7, 11) is 0. The van der Waals surface area contributed by atoms with E-state index in [9.17, 15) is 4.79 Å². The van der Waals surface area contributed by atoms with Crippen molar-refractivity contribution in [2.75, 3.05) is 18.5 Å². The van der Waals surface area contributed by atoms with Crippen molar-refractivity contribution in [2.24, 2.45) is 17.8 Å². The van der Waals surface area contributed by atoms with Crippen LogP contribution in [0.2, 0.25) is 0 Å². The molecule has 7 rings (SSSR count). The number of benzene rings is 1. The molecule has 1 saturated heterocycles. The maximum Gasteiger partial charge on any atom is 0.257 e. The second-order valence-electron chi connectivity index (χ2n) is 10.0. The Labute approximate surface area is 186 Å². The van der Waals surface area contributed by atoms with Gasteiger partial charge in [-0.25, -0.2) is 0 Å². The monoisotopic (exact) mass is 439 g/mol. The van der Waals surface area contributed by atoms with Crippen LogP contribution < -0.4 is 10.1 Å².